The summed E-state index contributed by atoms with van der Waals surface area (Å²) in [6.07, 6.45) is 0.494. The Kier molecular flexibility index (Phi) is 4.07. The van der Waals surface area contributed by atoms with Gasteiger partial charge in [-0.1, -0.05) is 18.2 Å². The maximum Gasteiger partial charge on any atom is 0.316 e. The van der Waals surface area contributed by atoms with E-state index in [-0.39, 0.29) is 12.6 Å². The Morgan fingerprint density at radius 1 is 1.31 bits per heavy atom. The highest BCUT2D eigenvalue weighted by Gasteiger charge is 2.24. The van der Waals surface area contributed by atoms with Gasteiger partial charge in [-0.05, 0) is 38.8 Å². The smallest absolute Gasteiger partial charge is 0.316 e. The minimum atomic E-state index is -0.522. The van der Waals surface area contributed by atoms with Crippen LogP contribution in [0.1, 0.15) is 26.3 Å². The third-order valence-corrected chi connectivity index (χ3v) is 2.17. The minimum Gasteiger partial charge on any atom is -0.426 e. The van der Waals surface area contributed by atoms with Crippen LogP contribution in [-0.2, 0) is 11.2 Å². The molecule has 0 fully saturated rings. The molecule has 1 rings (SSSR count). The van der Waals surface area contributed by atoms with E-state index in [9.17, 15) is 4.79 Å². The average Bonchev–Trinajstić information content (AvgIpc) is 2.20. The Bertz CT molecular complexity index is 364. The molecule has 0 aliphatic carbocycles. The van der Waals surface area contributed by atoms with Gasteiger partial charge in [-0.25, -0.2) is 0 Å². The molecule has 1 aromatic rings. The van der Waals surface area contributed by atoms with Crippen LogP contribution in [0.2, 0.25) is 0 Å². The fourth-order valence-corrected chi connectivity index (χ4v) is 1.18. The van der Waals surface area contributed by atoms with Crippen LogP contribution in [0.3, 0.4) is 0 Å². The second-order valence-corrected chi connectivity index (χ2v) is 4.72. The number of hydrogen-bond acceptors (Lipinski definition) is 3. The van der Waals surface area contributed by atoms with Crippen molar-refractivity contribution in [3.05, 3.63) is 29.8 Å². The zero-order chi connectivity index (χ0) is 12.2. The van der Waals surface area contributed by atoms with Crippen molar-refractivity contribution in [2.24, 2.45) is 5.41 Å². The van der Waals surface area contributed by atoms with Crippen molar-refractivity contribution in [3.63, 3.8) is 0 Å². The minimum absolute atomic E-state index is 0.0457. The quantitative estimate of drug-likeness (QED) is 0.629. The van der Waals surface area contributed by atoms with Gasteiger partial charge in [0.15, 0.2) is 0 Å². The predicted molar refractivity (Wildman–Crippen MR) is 62.3 cm³/mol. The van der Waals surface area contributed by atoms with Crippen molar-refractivity contribution in [1.82, 2.24) is 0 Å². The van der Waals surface area contributed by atoms with Gasteiger partial charge < -0.3 is 9.84 Å². The first-order valence-corrected chi connectivity index (χ1v) is 5.36. The number of carbonyl (C=O) groups is 1. The normalized spacial score (nSPS) is 11.2. The summed E-state index contributed by atoms with van der Waals surface area (Å²) in [4.78, 5) is 11.7. The van der Waals surface area contributed by atoms with Crippen LogP contribution in [0.5, 0.6) is 5.75 Å². The molecule has 0 heterocycles. The molecule has 3 heteroatoms. The molecule has 0 amide bonds. The van der Waals surface area contributed by atoms with E-state index in [1.54, 1.807) is 6.07 Å². The summed E-state index contributed by atoms with van der Waals surface area (Å²) in [7, 11) is 0. The topological polar surface area (TPSA) is 46.5 Å². The molecule has 3 nitrogen and oxygen atoms in total. The summed E-state index contributed by atoms with van der Waals surface area (Å²) < 4.78 is 5.31. The van der Waals surface area contributed by atoms with Gasteiger partial charge >= 0.3 is 5.97 Å². The molecule has 1 N–H and O–H groups in total. The number of para-hydroxylation sites is 1. The van der Waals surface area contributed by atoms with Crippen molar-refractivity contribution in [2.45, 2.75) is 27.2 Å². The molecule has 0 unspecified atom stereocenters. The van der Waals surface area contributed by atoms with E-state index < -0.39 is 5.41 Å². The van der Waals surface area contributed by atoms with Gasteiger partial charge in [-0.3, -0.25) is 4.79 Å². The molecule has 0 aromatic heterocycles. The number of hydrogen-bond donors (Lipinski definition) is 1. The van der Waals surface area contributed by atoms with E-state index in [2.05, 4.69) is 0 Å². The van der Waals surface area contributed by atoms with E-state index in [1.165, 1.54) is 0 Å². The first kappa shape index (κ1) is 12.7. The highest BCUT2D eigenvalue weighted by Crippen LogP contribution is 2.23. The number of aliphatic hydroxyl groups is 1. The van der Waals surface area contributed by atoms with Crippen molar-refractivity contribution < 1.29 is 14.6 Å². The molecule has 0 atom stereocenters. The Balaban J connectivity index is 2.84. The summed E-state index contributed by atoms with van der Waals surface area (Å²) >= 11 is 0. The van der Waals surface area contributed by atoms with Gasteiger partial charge in [0.25, 0.3) is 0 Å². The van der Waals surface area contributed by atoms with Crippen LogP contribution in [0.4, 0.5) is 0 Å². The predicted octanol–water partition coefficient (Wildman–Crippen LogP) is 2.17. The van der Waals surface area contributed by atoms with Crippen molar-refractivity contribution >= 4 is 5.97 Å². The molecule has 16 heavy (non-hydrogen) atoms. The third kappa shape index (κ3) is 3.35. The van der Waals surface area contributed by atoms with Crippen LogP contribution in [0.25, 0.3) is 0 Å². The Labute approximate surface area is 96.1 Å². The monoisotopic (exact) mass is 222 g/mol. The largest absolute Gasteiger partial charge is 0.426 e. The molecule has 0 aliphatic rings. The molecule has 0 radical (unpaired) electrons. The van der Waals surface area contributed by atoms with Crippen LogP contribution >= 0.6 is 0 Å². The van der Waals surface area contributed by atoms with Gasteiger partial charge in [0.05, 0.1) is 5.41 Å². The van der Waals surface area contributed by atoms with Gasteiger partial charge in [-0.2, -0.15) is 0 Å². The molecule has 0 saturated heterocycles. The Morgan fingerprint density at radius 3 is 2.50 bits per heavy atom. The maximum atomic E-state index is 11.7. The molecular weight excluding hydrogens is 204 g/mol. The standard InChI is InChI=1S/C13H18O3/c1-13(2,3)12(15)16-11-7-5-4-6-10(11)8-9-14/h4-7,14H,8-9H2,1-3H3. The molecule has 0 bridgehead atoms. The van der Waals surface area contributed by atoms with Gasteiger partial charge in [0.1, 0.15) is 5.75 Å². The fourth-order valence-electron chi connectivity index (χ4n) is 1.18. The number of esters is 1. The van der Waals surface area contributed by atoms with Crippen LogP contribution < -0.4 is 4.74 Å². The highest BCUT2D eigenvalue weighted by atomic mass is 16.5. The van der Waals surface area contributed by atoms with Gasteiger partial charge in [-0.15, -0.1) is 0 Å². The maximum absolute atomic E-state index is 11.7. The zero-order valence-corrected chi connectivity index (χ0v) is 9.99. The van der Waals surface area contributed by atoms with E-state index in [0.29, 0.717) is 12.2 Å². The molecule has 0 saturated carbocycles. The Morgan fingerprint density at radius 2 is 1.94 bits per heavy atom. The van der Waals surface area contributed by atoms with E-state index >= 15 is 0 Å². The van der Waals surface area contributed by atoms with Crippen LogP contribution in [0, 0.1) is 5.41 Å². The summed E-state index contributed by atoms with van der Waals surface area (Å²) in [5, 5.41) is 8.90. The van der Waals surface area contributed by atoms with Crippen LogP contribution in [0.15, 0.2) is 24.3 Å². The highest BCUT2D eigenvalue weighted by molar-refractivity contribution is 5.78. The lowest BCUT2D eigenvalue weighted by atomic mass is 9.97. The molecule has 1 aromatic carbocycles. The van der Waals surface area contributed by atoms with E-state index in [4.69, 9.17) is 9.84 Å². The molecular formula is C13H18O3. The number of ether oxygens (including phenoxy) is 1. The summed E-state index contributed by atoms with van der Waals surface area (Å²) in [6.45, 7) is 5.47. The van der Waals surface area contributed by atoms with Crippen molar-refractivity contribution in [2.75, 3.05) is 6.61 Å². The van der Waals surface area contributed by atoms with Crippen molar-refractivity contribution in [1.29, 1.82) is 0 Å². The van der Waals surface area contributed by atoms with Crippen LogP contribution in [-0.4, -0.2) is 17.7 Å². The summed E-state index contributed by atoms with van der Waals surface area (Å²) in [5.74, 6) is 0.273. The number of benzene rings is 1. The van der Waals surface area contributed by atoms with Gasteiger partial charge in [0, 0.05) is 6.61 Å². The third-order valence-electron chi connectivity index (χ3n) is 2.17. The lowest BCUT2D eigenvalue weighted by Crippen LogP contribution is -2.26. The molecule has 0 spiro atoms. The van der Waals surface area contributed by atoms with E-state index in [0.717, 1.165) is 5.56 Å². The number of aliphatic hydroxyl groups excluding tert-OH is 1. The van der Waals surface area contributed by atoms with Gasteiger partial charge in [0.2, 0.25) is 0 Å². The average molecular weight is 222 g/mol. The SMILES string of the molecule is CC(C)(C)C(=O)Oc1ccccc1CCO. The fraction of sp³-hybridized carbons (Fsp3) is 0.462. The Hall–Kier alpha value is -1.35. The summed E-state index contributed by atoms with van der Waals surface area (Å²) in [6, 6.07) is 7.27. The lowest BCUT2D eigenvalue weighted by Gasteiger charge is -2.17. The number of rotatable bonds is 3. The molecule has 0 aliphatic heterocycles. The first-order valence-electron chi connectivity index (χ1n) is 5.36. The van der Waals surface area contributed by atoms with Crippen molar-refractivity contribution in [3.8, 4) is 5.75 Å². The number of carbonyl (C=O) groups excluding carboxylic acids is 1. The lowest BCUT2D eigenvalue weighted by molar-refractivity contribution is -0.143. The van der Waals surface area contributed by atoms with E-state index in [1.807, 2.05) is 39.0 Å². The second kappa shape index (κ2) is 5.12. The second-order valence-electron chi connectivity index (χ2n) is 4.72. The summed E-state index contributed by atoms with van der Waals surface area (Å²) in [5.41, 5.74) is 0.328. The first-order chi connectivity index (χ1) is 7.45. The molecule has 88 valence electrons. The zero-order valence-electron chi connectivity index (χ0n) is 9.99.